The summed E-state index contributed by atoms with van der Waals surface area (Å²) in [5.74, 6) is 0.501. The Balaban J connectivity index is 1.78. The summed E-state index contributed by atoms with van der Waals surface area (Å²) >= 11 is 0. The zero-order valence-corrected chi connectivity index (χ0v) is 12.5. The Labute approximate surface area is 126 Å². The molecule has 1 aliphatic carbocycles. The number of hydrogen-bond acceptors (Lipinski definition) is 3. The van der Waals surface area contributed by atoms with Gasteiger partial charge in [-0.2, -0.15) is 0 Å². The molecule has 1 aliphatic rings. The number of carbonyl (C=O) groups is 1. The van der Waals surface area contributed by atoms with Crippen LogP contribution in [-0.4, -0.2) is 23.7 Å². The average Bonchev–Trinajstić information content (AvgIpc) is 2.48. The van der Waals surface area contributed by atoms with Crippen LogP contribution in [0.2, 0.25) is 0 Å². The van der Waals surface area contributed by atoms with E-state index in [1.54, 1.807) is 12.1 Å². The molecule has 4 heteroatoms. The predicted molar refractivity (Wildman–Crippen MR) is 82.1 cm³/mol. The molecule has 4 nitrogen and oxygen atoms in total. The lowest BCUT2D eigenvalue weighted by atomic mass is 9.97. The summed E-state index contributed by atoms with van der Waals surface area (Å²) in [5.41, 5.74) is 0.705. The first-order valence-electron chi connectivity index (χ1n) is 7.90. The van der Waals surface area contributed by atoms with E-state index in [1.807, 2.05) is 12.1 Å². The van der Waals surface area contributed by atoms with Crippen molar-refractivity contribution in [2.45, 2.75) is 57.6 Å². The molecule has 1 aromatic carbocycles. The van der Waals surface area contributed by atoms with Crippen molar-refractivity contribution >= 4 is 5.91 Å². The standard InChI is InChI=1S/C17H25NO3/c19-12-14-8-6-7-11-16(14)21-13-17(20)18-15-9-4-2-1-3-5-10-15/h6-8,11,15,19H,1-5,9-10,12-13H2,(H,18,20). The molecule has 0 bridgehead atoms. The van der Waals surface area contributed by atoms with Crippen molar-refractivity contribution in [2.75, 3.05) is 6.61 Å². The van der Waals surface area contributed by atoms with Crippen molar-refractivity contribution in [3.63, 3.8) is 0 Å². The molecule has 0 radical (unpaired) electrons. The number of benzene rings is 1. The van der Waals surface area contributed by atoms with E-state index < -0.39 is 0 Å². The minimum Gasteiger partial charge on any atom is -0.483 e. The number of para-hydroxylation sites is 1. The highest BCUT2D eigenvalue weighted by molar-refractivity contribution is 5.77. The second-order valence-electron chi connectivity index (χ2n) is 5.66. The topological polar surface area (TPSA) is 58.6 Å². The van der Waals surface area contributed by atoms with Crippen LogP contribution in [0, 0.1) is 0 Å². The van der Waals surface area contributed by atoms with Crippen LogP contribution in [0.25, 0.3) is 0 Å². The van der Waals surface area contributed by atoms with Gasteiger partial charge in [0.05, 0.1) is 6.61 Å². The third-order valence-corrected chi connectivity index (χ3v) is 3.97. The van der Waals surface area contributed by atoms with E-state index >= 15 is 0 Å². The van der Waals surface area contributed by atoms with Gasteiger partial charge in [0, 0.05) is 11.6 Å². The largest absolute Gasteiger partial charge is 0.483 e. The van der Waals surface area contributed by atoms with Crippen LogP contribution in [0.5, 0.6) is 5.75 Å². The summed E-state index contributed by atoms with van der Waals surface area (Å²) in [5, 5.41) is 12.3. The third-order valence-electron chi connectivity index (χ3n) is 3.97. The fraction of sp³-hybridized carbons (Fsp3) is 0.588. The fourth-order valence-electron chi connectivity index (χ4n) is 2.79. The molecule has 0 saturated heterocycles. The van der Waals surface area contributed by atoms with Gasteiger partial charge in [0.2, 0.25) is 0 Å². The molecule has 116 valence electrons. The van der Waals surface area contributed by atoms with Crippen molar-refractivity contribution in [1.29, 1.82) is 0 Å². The summed E-state index contributed by atoms with van der Waals surface area (Å²) in [6, 6.07) is 7.53. The summed E-state index contributed by atoms with van der Waals surface area (Å²) in [4.78, 5) is 12.0. The van der Waals surface area contributed by atoms with Crippen molar-refractivity contribution in [1.82, 2.24) is 5.32 Å². The van der Waals surface area contributed by atoms with Gasteiger partial charge < -0.3 is 15.2 Å². The quantitative estimate of drug-likeness (QED) is 0.877. The molecule has 0 spiro atoms. The van der Waals surface area contributed by atoms with Gasteiger partial charge in [-0.1, -0.05) is 50.3 Å². The van der Waals surface area contributed by atoms with E-state index in [4.69, 9.17) is 4.74 Å². The van der Waals surface area contributed by atoms with Crippen molar-refractivity contribution in [3.8, 4) is 5.75 Å². The van der Waals surface area contributed by atoms with Crippen LogP contribution in [-0.2, 0) is 11.4 Å². The molecule has 0 unspecified atom stereocenters. The highest BCUT2D eigenvalue weighted by Gasteiger charge is 2.14. The van der Waals surface area contributed by atoms with E-state index in [-0.39, 0.29) is 25.2 Å². The average molecular weight is 291 g/mol. The molecule has 1 fully saturated rings. The van der Waals surface area contributed by atoms with E-state index in [0.29, 0.717) is 11.3 Å². The molecule has 2 N–H and O–H groups in total. The third kappa shape index (κ3) is 5.38. The molecule has 21 heavy (non-hydrogen) atoms. The minimum atomic E-state index is -0.0829. The van der Waals surface area contributed by atoms with Crippen LogP contribution in [0.3, 0.4) is 0 Å². The summed E-state index contributed by atoms with van der Waals surface area (Å²) < 4.78 is 5.52. The van der Waals surface area contributed by atoms with Gasteiger partial charge in [0.25, 0.3) is 5.91 Å². The lowest BCUT2D eigenvalue weighted by molar-refractivity contribution is -0.123. The van der Waals surface area contributed by atoms with Gasteiger partial charge in [-0.15, -0.1) is 0 Å². The van der Waals surface area contributed by atoms with Crippen LogP contribution < -0.4 is 10.1 Å². The Bertz CT molecular complexity index is 439. The van der Waals surface area contributed by atoms with Crippen LogP contribution in [0.1, 0.15) is 50.5 Å². The van der Waals surface area contributed by atoms with Crippen LogP contribution >= 0.6 is 0 Å². The van der Waals surface area contributed by atoms with Crippen molar-refractivity contribution < 1.29 is 14.6 Å². The van der Waals surface area contributed by atoms with E-state index in [2.05, 4.69) is 5.32 Å². The first-order valence-corrected chi connectivity index (χ1v) is 7.90. The van der Waals surface area contributed by atoms with Gasteiger partial charge in [-0.3, -0.25) is 4.79 Å². The van der Waals surface area contributed by atoms with Crippen LogP contribution in [0.15, 0.2) is 24.3 Å². The van der Waals surface area contributed by atoms with Gasteiger partial charge in [-0.25, -0.2) is 0 Å². The monoisotopic (exact) mass is 291 g/mol. The predicted octanol–water partition coefficient (Wildman–Crippen LogP) is 2.79. The smallest absolute Gasteiger partial charge is 0.258 e. The number of nitrogens with one attached hydrogen (secondary N) is 1. The Morgan fingerprint density at radius 2 is 1.81 bits per heavy atom. The van der Waals surface area contributed by atoms with Gasteiger partial charge in [-0.05, 0) is 18.9 Å². The lowest BCUT2D eigenvalue weighted by Gasteiger charge is -2.21. The second kappa shape index (κ2) is 8.67. The van der Waals surface area contributed by atoms with Gasteiger partial charge in [0.15, 0.2) is 6.61 Å². The van der Waals surface area contributed by atoms with Crippen molar-refractivity contribution in [2.24, 2.45) is 0 Å². The molecule has 0 heterocycles. The first-order chi connectivity index (χ1) is 10.3. The molecule has 1 saturated carbocycles. The van der Waals surface area contributed by atoms with Gasteiger partial charge >= 0.3 is 0 Å². The molecule has 0 aromatic heterocycles. The highest BCUT2D eigenvalue weighted by atomic mass is 16.5. The maximum Gasteiger partial charge on any atom is 0.258 e. The Hall–Kier alpha value is -1.55. The summed E-state index contributed by atoms with van der Waals surface area (Å²) in [6.45, 7) is -0.0755. The Kier molecular flexibility index (Phi) is 6.54. The maximum atomic E-state index is 12.0. The highest BCUT2D eigenvalue weighted by Crippen LogP contribution is 2.18. The molecular weight excluding hydrogens is 266 g/mol. The molecule has 0 atom stereocenters. The first kappa shape index (κ1) is 15.8. The number of amides is 1. The number of aliphatic hydroxyl groups excluding tert-OH is 1. The lowest BCUT2D eigenvalue weighted by Crippen LogP contribution is -2.38. The number of aliphatic hydroxyl groups is 1. The summed E-state index contributed by atoms with van der Waals surface area (Å²) in [7, 11) is 0. The molecular formula is C17H25NO3. The second-order valence-corrected chi connectivity index (χ2v) is 5.66. The molecule has 1 amide bonds. The van der Waals surface area contributed by atoms with Crippen molar-refractivity contribution in [3.05, 3.63) is 29.8 Å². The zero-order chi connectivity index (χ0) is 14.9. The van der Waals surface area contributed by atoms with Gasteiger partial charge in [0.1, 0.15) is 5.75 Å². The fourth-order valence-corrected chi connectivity index (χ4v) is 2.79. The molecule has 2 rings (SSSR count). The normalized spacial score (nSPS) is 16.8. The van der Waals surface area contributed by atoms with E-state index in [9.17, 15) is 9.90 Å². The Morgan fingerprint density at radius 3 is 2.52 bits per heavy atom. The maximum absolute atomic E-state index is 12.0. The SMILES string of the molecule is O=C(COc1ccccc1CO)NC1CCCCCCC1. The van der Waals surface area contributed by atoms with E-state index in [1.165, 1.54) is 32.1 Å². The number of hydrogen-bond donors (Lipinski definition) is 2. The number of carbonyl (C=O) groups excluding carboxylic acids is 1. The summed E-state index contributed by atoms with van der Waals surface area (Å²) in [6.07, 6.45) is 8.39. The molecule has 0 aliphatic heterocycles. The minimum absolute atomic E-state index is 0.00745. The van der Waals surface area contributed by atoms with Crippen LogP contribution in [0.4, 0.5) is 0 Å². The number of rotatable bonds is 5. The Morgan fingerprint density at radius 1 is 1.14 bits per heavy atom. The van der Waals surface area contributed by atoms with E-state index in [0.717, 1.165) is 12.8 Å². The molecule has 1 aromatic rings. The number of ether oxygens (including phenoxy) is 1. The zero-order valence-electron chi connectivity index (χ0n) is 12.5.